The largest absolute Gasteiger partial charge is 0.327 e. The normalized spacial score (nSPS) is 16.2. The molecule has 0 N–H and O–H groups in total. The second-order valence-electron chi connectivity index (χ2n) is 9.66. The minimum atomic E-state index is -3.48. The number of nitrogens with zero attached hydrogens (tertiary/aromatic N) is 5. The highest BCUT2D eigenvalue weighted by Crippen LogP contribution is 2.23. The van der Waals surface area contributed by atoms with Crippen LogP contribution in [0.2, 0.25) is 0 Å². The van der Waals surface area contributed by atoms with Crippen molar-refractivity contribution in [3.63, 3.8) is 0 Å². The Balaban J connectivity index is 1.42. The van der Waals surface area contributed by atoms with Gasteiger partial charge in [0.25, 0.3) is 0 Å². The van der Waals surface area contributed by atoms with Gasteiger partial charge in [-0.25, -0.2) is 17.7 Å². The van der Waals surface area contributed by atoms with Crippen LogP contribution in [0.15, 0.2) is 47.4 Å². The van der Waals surface area contributed by atoms with Gasteiger partial charge in [-0.05, 0) is 42.2 Å². The zero-order chi connectivity index (χ0) is 24.5. The van der Waals surface area contributed by atoms with Crippen LogP contribution in [0.25, 0.3) is 11.0 Å². The molecule has 8 heteroatoms. The Kier molecular flexibility index (Phi) is 7.42. The van der Waals surface area contributed by atoms with E-state index in [1.165, 1.54) is 15.4 Å². The lowest BCUT2D eigenvalue weighted by Gasteiger charge is -2.34. The molecule has 3 aromatic rings. The maximum Gasteiger partial charge on any atom is 0.242 e. The SMILES string of the molecule is CCn1c(CN2CCN(Cc3ccc(C(C)C)cc3)CC2)nc2cc(S(=O)(=O)N(C)C)ccc21. The number of rotatable bonds is 8. The quantitative estimate of drug-likeness (QED) is 0.488. The van der Waals surface area contributed by atoms with Crippen molar-refractivity contribution in [3.05, 3.63) is 59.4 Å². The van der Waals surface area contributed by atoms with Gasteiger partial charge in [0.05, 0.1) is 22.5 Å². The Morgan fingerprint density at radius 3 is 2.12 bits per heavy atom. The standard InChI is InChI=1S/C26H37N5O2S/c1-6-31-25-12-11-23(34(32,33)28(4)5)17-24(25)27-26(31)19-30-15-13-29(14-16-30)18-21-7-9-22(10-8-21)20(2)3/h7-12,17,20H,6,13-16,18-19H2,1-5H3. The van der Waals surface area contributed by atoms with Gasteiger partial charge in [-0.3, -0.25) is 9.80 Å². The molecule has 0 saturated carbocycles. The average Bonchev–Trinajstić information content (AvgIpc) is 3.16. The van der Waals surface area contributed by atoms with Crippen LogP contribution >= 0.6 is 0 Å². The fourth-order valence-corrected chi connectivity index (χ4v) is 5.50. The fourth-order valence-electron chi connectivity index (χ4n) is 4.58. The molecule has 0 radical (unpaired) electrons. The highest BCUT2D eigenvalue weighted by atomic mass is 32.2. The Bertz CT molecular complexity index is 1220. The van der Waals surface area contributed by atoms with E-state index in [4.69, 9.17) is 4.98 Å². The van der Waals surface area contributed by atoms with Crippen LogP contribution in [0.3, 0.4) is 0 Å². The molecule has 34 heavy (non-hydrogen) atoms. The Labute approximate surface area is 204 Å². The van der Waals surface area contributed by atoms with E-state index >= 15 is 0 Å². The molecule has 1 aliphatic rings. The highest BCUT2D eigenvalue weighted by molar-refractivity contribution is 7.89. The summed E-state index contributed by atoms with van der Waals surface area (Å²) in [5.41, 5.74) is 4.48. The summed E-state index contributed by atoms with van der Waals surface area (Å²) in [5.74, 6) is 1.56. The third-order valence-electron chi connectivity index (χ3n) is 6.78. The molecule has 0 aliphatic carbocycles. The van der Waals surface area contributed by atoms with Crippen LogP contribution in [-0.2, 0) is 29.7 Å². The summed E-state index contributed by atoms with van der Waals surface area (Å²) in [6.45, 7) is 13.2. The zero-order valence-electron chi connectivity index (χ0n) is 21.0. The van der Waals surface area contributed by atoms with Crippen molar-refractivity contribution >= 4 is 21.1 Å². The number of aryl methyl sites for hydroxylation is 1. The van der Waals surface area contributed by atoms with E-state index in [2.05, 4.69) is 59.4 Å². The highest BCUT2D eigenvalue weighted by Gasteiger charge is 2.22. The minimum absolute atomic E-state index is 0.285. The first-order chi connectivity index (χ1) is 16.2. The number of fused-ring (bicyclic) bond motifs is 1. The van der Waals surface area contributed by atoms with Gasteiger partial charge in [0.15, 0.2) is 0 Å². The van der Waals surface area contributed by atoms with Crippen molar-refractivity contribution in [1.82, 2.24) is 23.7 Å². The number of aromatic nitrogens is 2. The van der Waals surface area contributed by atoms with Gasteiger partial charge in [-0.2, -0.15) is 0 Å². The van der Waals surface area contributed by atoms with Crippen molar-refractivity contribution in [1.29, 1.82) is 0 Å². The topological polar surface area (TPSA) is 61.7 Å². The van der Waals surface area contributed by atoms with Crippen molar-refractivity contribution in [2.45, 2.75) is 51.2 Å². The molecule has 4 rings (SSSR count). The lowest BCUT2D eigenvalue weighted by atomic mass is 10.0. The van der Waals surface area contributed by atoms with Gasteiger partial charge in [0, 0.05) is 53.4 Å². The Morgan fingerprint density at radius 2 is 1.56 bits per heavy atom. The number of sulfonamides is 1. The van der Waals surface area contributed by atoms with Crippen LogP contribution in [0, 0.1) is 0 Å². The molecule has 0 unspecified atom stereocenters. The average molecular weight is 484 g/mol. The van der Waals surface area contributed by atoms with Gasteiger partial charge in [0.2, 0.25) is 10.0 Å². The van der Waals surface area contributed by atoms with Crippen LogP contribution in [0.4, 0.5) is 0 Å². The predicted molar refractivity (Wildman–Crippen MR) is 137 cm³/mol. The first-order valence-electron chi connectivity index (χ1n) is 12.1. The molecule has 184 valence electrons. The van der Waals surface area contributed by atoms with Crippen molar-refractivity contribution in [3.8, 4) is 0 Å². The third kappa shape index (κ3) is 5.20. The maximum absolute atomic E-state index is 12.5. The van der Waals surface area contributed by atoms with Crippen molar-refractivity contribution in [2.24, 2.45) is 0 Å². The molecule has 0 atom stereocenters. The monoisotopic (exact) mass is 483 g/mol. The maximum atomic E-state index is 12.5. The summed E-state index contributed by atoms with van der Waals surface area (Å²) >= 11 is 0. The smallest absolute Gasteiger partial charge is 0.242 e. The summed E-state index contributed by atoms with van der Waals surface area (Å²) in [6.07, 6.45) is 0. The predicted octanol–water partition coefficient (Wildman–Crippen LogP) is 3.75. The number of hydrogen-bond acceptors (Lipinski definition) is 5. The summed E-state index contributed by atoms with van der Waals surface area (Å²) in [6, 6.07) is 14.3. The molecular weight excluding hydrogens is 446 g/mol. The fraction of sp³-hybridized carbons (Fsp3) is 0.500. The number of piperazine rings is 1. The van der Waals surface area contributed by atoms with Crippen LogP contribution in [0.5, 0.6) is 0 Å². The van der Waals surface area contributed by atoms with E-state index in [9.17, 15) is 8.42 Å². The molecule has 0 spiro atoms. The molecule has 0 bridgehead atoms. The lowest BCUT2D eigenvalue weighted by molar-refractivity contribution is 0.119. The van der Waals surface area contributed by atoms with Crippen molar-refractivity contribution < 1.29 is 8.42 Å². The molecular formula is C26H37N5O2S. The molecule has 1 saturated heterocycles. The number of hydrogen-bond donors (Lipinski definition) is 0. The van der Waals surface area contributed by atoms with E-state index in [1.54, 1.807) is 26.2 Å². The molecule has 1 aromatic heterocycles. The molecule has 2 aromatic carbocycles. The summed E-state index contributed by atoms with van der Waals surface area (Å²) < 4.78 is 28.5. The van der Waals surface area contributed by atoms with E-state index < -0.39 is 10.0 Å². The second kappa shape index (κ2) is 10.2. The second-order valence-corrected chi connectivity index (χ2v) is 11.8. The first kappa shape index (κ1) is 24.9. The summed E-state index contributed by atoms with van der Waals surface area (Å²) in [4.78, 5) is 10.1. The third-order valence-corrected chi connectivity index (χ3v) is 8.59. The van der Waals surface area contributed by atoms with Gasteiger partial charge < -0.3 is 4.57 Å². The van der Waals surface area contributed by atoms with Gasteiger partial charge >= 0.3 is 0 Å². The number of imidazole rings is 1. The molecule has 0 amide bonds. The van der Waals surface area contributed by atoms with Crippen LogP contribution in [-0.4, -0.2) is 72.3 Å². The van der Waals surface area contributed by atoms with Gasteiger partial charge in [-0.1, -0.05) is 38.1 Å². The summed E-state index contributed by atoms with van der Waals surface area (Å²) in [5, 5.41) is 0. The first-order valence-corrected chi connectivity index (χ1v) is 13.6. The zero-order valence-corrected chi connectivity index (χ0v) is 21.8. The van der Waals surface area contributed by atoms with E-state index in [0.717, 1.165) is 62.7 Å². The molecule has 2 heterocycles. The Hall–Kier alpha value is -2.26. The minimum Gasteiger partial charge on any atom is -0.327 e. The van der Waals surface area contributed by atoms with E-state index in [-0.39, 0.29) is 4.90 Å². The van der Waals surface area contributed by atoms with Crippen LogP contribution in [0.1, 0.15) is 43.6 Å². The lowest BCUT2D eigenvalue weighted by Crippen LogP contribution is -2.45. The Morgan fingerprint density at radius 1 is 0.941 bits per heavy atom. The van der Waals surface area contributed by atoms with E-state index in [0.29, 0.717) is 5.92 Å². The van der Waals surface area contributed by atoms with Crippen molar-refractivity contribution in [2.75, 3.05) is 40.3 Å². The van der Waals surface area contributed by atoms with E-state index in [1.807, 2.05) is 6.07 Å². The van der Waals surface area contributed by atoms with Gasteiger partial charge in [0.1, 0.15) is 5.82 Å². The molecule has 1 aliphatic heterocycles. The summed E-state index contributed by atoms with van der Waals surface area (Å²) in [7, 11) is -0.374. The molecule has 1 fully saturated rings. The van der Waals surface area contributed by atoms with Crippen LogP contribution < -0.4 is 0 Å². The van der Waals surface area contributed by atoms with Gasteiger partial charge in [-0.15, -0.1) is 0 Å². The molecule has 7 nitrogen and oxygen atoms in total. The number of benzene rings is 2.